The first-order valence-corrected chi connectivity index (χ1v) is 5.49. The zero-order valence-electron chi connectivity index (χ0n) is 9.00. The molecule has 0 spiro atoms. The van der Waals surface area contributed by atoms with Gasteiger partial charge in [-0.05, 0) is 31.5 Å². The van der Waals surface area contributed by atoms with Crippen molar-refractivity contribution in [1.29, 1.82) is 0 Å². The van der Waals surface area contributed by atoms with Gasteiger partial charge in [0.2, 0.25) is 5.28 Å². The van der Waals surface area contributed by atoms with Gasteiger partial charge in [0, 0.05) is 31.4 Å². The van der Waals surface area contributed by atoms with Crippen LogP contribution in [0.2, 0.25) is 5.28 Å². The van der Waals surface area contributed by atoms with Gasteiger partial charge in [-0.2, -0.15) is 0 Å². The van der Waals surface area contributed by atoms with Gasteiger partial charge in [-0.15, -0.1) is 0 Å². The highest BCUT2D eigenvalue weighted by Crippen LogP contribution is 2.18. The number of anilines is 1. The molecule has 2 heterocycles. The van der Waals surface area contributed by atoms with Gasteiger partial charge in [-0.1, -0.05) is 0 Å². The standard InChI is InChI=1S/C10H15ClN4/c1-7-5-9(14-10(11)13-7)15(2)8-3-4-12-6-8/h5,8,12H,3-4,6H2,1-2H3. The number of halogens is 1. The lowest BCUT2D eigenvalue weighted by molar-refractivity contribution is 0.676. The molecule has 1 fully saturated rings. The molecule has 1 unspecified atom stereocenters. The lowest BCUT2D eigenvalue weighted by Gasteiger charge is -2.24. The normalized spacial score (nSPS) is 20.6. The number of nitrogens with one attached hydrogen (secondary N) is 1. The van der Waals surface area contributed by atoms with Crippen molar-refractivity contribution in [2.24, 2.45) is 0 Å². The van der Waals surface area contributed by atoms with E-state index >= 15 is 0 Å². The Kier molecular flexibility index (Phi) is 3.07. The molecule has 0 amide bonds. The van der Waals surface area contributed by atoms with Crippen molar-refractivity contribution in [3.8, 4) is 0 Å². The highest BCUT2D eigenvalue weighted by atomic mass is 35.5. The maximum atomic E-state index is 5.84. The van der Waals surface area contributed by atoms with E-state index in [2.05, 4.69) is 27.2 Å². The lowest BCUT2D eigenvalue weighted by atomic mass is 10.2. The van der Waals surface area contributed by atoms with E-state index in [1.54, 1.807) is 0 Å². The minimum atomic E-state index is 0.322. The number of hydrogen-bond donors (Lipinski definition) is 1. The Morgan fingerprint density at radius 1 is 1.53 bits per heavy atom. The summed E-state index contributed by atoms with van der Waals surface area (Å²) in [6.45, 7) is 4.02. The van der Waals surface area contributed by atoms with Crippen molar-refractivity contribution < 1.29 is 0 Å². The maximum absolute atomic E-state index is 5.84. The van der Waals surface area contributed by atoms with E-state index in [0.717, 1.165) is 31.0 Å². The summed E-state index contributed by atoms with van der Waals surface area (Å²) in [6, 6.07) is 2.47. The van der Waals surface area contributed by atoms with Crippen molar-refractivity contribution in [1.82, 2.24) is 15.3 Å². The van der Waals surface area contributed by atoms with Gasteiger partial charge in [0.25, 0.3) is 0 Å². The minimum absolute atomic E-state index is 0.322. The van der Waals surface area contributed by atoms with E-state index in [1.807, 2.05) is 13.0 Å². The van der Waals surface area contributed by atoms with Gasteiger partial charge in [0.05, 0.1) is 0 Å². The van der Waals surface area contributed by atoms with E-state index in [-0.39, 0.29) is 0 Å². The minimum Gasteiger partial charge on any atom is -0.355 e. The Labute approximate surface area is 94.7 Å². The Morgan fingerprint density at radius 3 is 2.93 bits per heavy atom. The second-order valence-electron chi connectivity index (χ2n) is 3.89. The molecule has 0 aromatic carbocycles. The molecule has 5 heteroatoms. The summed E-state index contributed by atoms with van der Waals surface area (Å²) in [4.78, 5) is 10.5. The SMILES string of the molecule is Cc1cc(N(C)C2CCNC2)nc(Cl)n1. The molecule has 0 saturated carbocycles. The van der Waals surface area contributed by atoms with Crippen LogP contribution in [0.5, 0.6) is 0 Å². The number of aryl methyl sites for hydroxylation is 1. The number of rotatable bonds is 2. The fraction of sp³-hybridized carbons (Fsp3) is 0.600. The molecule has 82 valence electrons. The van der Waals surface area contributed by atoms with E-state index in [4.69, 9.17) is 11.6 Å². The predicted octanol–water partition coefficient (Wildman–Crippen LogP) is 1.24. The first kappa shape index (κ1) is 10.6. The number of nitrogens with zero attached hydrogens (tertiary/aromatic N) is 3. The maximum Gasteiger partial charge on any atom is 0.224 e. The van der Waals surface area contributed by atoms with E-state index < -0.39 is 0 Å². The van der Waals surface area contributed by atoms with Crippen LogP contribution in [-0.2, 0) is 0 Å². The van der Waals surface area contributed by atoms with Crippen LogP contribution in [0.25, 0.3) is 0 Å². The quantitative estimate of drug-likeness (QED) is 0.771. The molecule has 1 aromatic rings. The number of likely N-dealkylation sites (N-methyl/N-ethyl adjacent to an activating group) is 1. The van der Waals surface area contributed by atoms with Gasteiger partial charge in [0.15, 0.2) is 0 Å². The average molecular weight is 227 g/mol. The summed E-state index contributed by atoms with van der Waals surface area (Å²) in [6.07, 6.45) is 1.15. The second kappa shape index (κ2) is 4.33. The van der Waals surface area contributed by atoms with Crippen LogP contribution in [0.1, 0.15) is 12.1 Å². The second-order valence-corrected chi connectivity index (χ2v) is 4.23. The summed E-state index contributed by atoms with van der Waals surface area (Å²) in [5.41, 5.74) is 0.905. The largest absolute Gasteiger partial charge is 0.355 e. The number of aromatic nitrogens is 2. The number of hydrogen-bond acceptors (Lipinski definition) is 4. The van der Waals surface area contributed by atoms with Crippen LogP contribution in [0, 0.1) is 6.92 Å². The summed E-state index contributed by atoms with van der Waals surface area (Å²) in [5, 5.41) is 3.66. The predicted molar refractivity (Wildman–Crippen MR) is 61.5 cm³/mol. The highest BCUT2D eigenvalue weighted by molar-refractivity contribution is 6.28. The van der Waals surface area contributed by atoms with Gasteiger partial charge >= 0.3 is 0 Å². The molecule has 0 aliphatic carbocycles. The summed E-state index contributed by atoms with van der Waals surface area (Å²) >= 11 is 5.84. The molecular formula is C10H15ClN4. The molecule has 2 rings (SSSR count). The van der Waals surface area contributed by atoms with Gasteiger partial charge in [-0.25, -0.2) is 9.97 Å². The van der Waals surface area contributed by atoms with Crippen LogP contribution < -0.4 is 10.2 Å². The third-order valence-electron chi connectivity index (χ3n) is 2.76. The van der Waals surface area contributed by atoms with Crippen molar-refractivity contribution >= 4 is 17.4 Å². The van der Waals surface area contributed by atoms with Crippen LogP contribution in [-0.4, -0.2) is 36.1 Å². The highest BCUT2D eigenvalue weighted by Gasteiger charge is 2.20. The molecule has 1 aromatic heterocycles. The van der Waals surface area contributed by atoms with Crippen molar-refractivity contribution in [3.05, 3.63) is 17.0 Å². The Hall–Kier alpha value is -0.870. The molecule has 15 heavy (non-hydrogen) atoms. The first-order valence-electron chi connectivity index (χ1n) is 5.11. The lowest BCUT2D eigenvalue weighted by Crippen LogP contribution is -2.34. The molecule has 0 bridgehead atoms. The summed E-state index contributed by atoms with van der Waals surface area (Å²) < 4.78 is 0. The molecule has 1 atom stereocenters. The van der Waals surface area contributed by atoms with E-state index in [1.165, 1.54) is 0 Å². The smallest absolute Gasteiger partial charge is 0.224 e. The fourth-order valence-electron chi connectivity index (χ4n) is 1.85. The van der Waals surface area contributed by atoms with Crippen LogP contribution in [0.15, 0.2) is 6.07 Å². The van der Waals surface area contributed by atoms with Crippen LogP contribution >= 0.6 is 11.6 Å². The third-order valence-corrected chi connectivity index (χ3v) is 2.93. The van der Waals surface area contributed by atoms with Crippen LogP contribution in [0.4, 0.5) is 5.82 Å². The van der Waals surface area contributed by atoms with Crippen molar-refractivity contribution in [3.63, 3.8) is 0 Å². The first-order chi connectivity index (χ1) is 7.16. The Balaban J connectivity index is 2.20. The summed E-state index contributed by atoms with van der Waals surface area (Å²) in [7, 11) is 2.05. The molecule has 1 N–H and O–H groups in total. The molecule has 4 nitrogen and oxygen atoms in total. The third kappa shape index (κ3) is 2.38. The fourth-order valence-corrected chi connectivity index (χ4v) is 2.07. The summed E-state index contributed by atoms with van der Waals surface area (Å²) in [5.74, 6) is 0.904. The van der Waals surface area contributed by atoms with E-state index in [0.29, 0.717) is 11.3 Å². The monoisotopic (exact) mass is 226 g/mol. The Bertz CT molecular complexity index is 329. The molecule has 1 aliphatic rings. The van der Waals surface area contributed by atoms with Gasteiger partial charge in [0.1, 0.15) is 5.82 Å². The average Bonchev–Trinajstić information content (AvgIpc) is 2.67. The van der Waals surface area contributed by atoms with Gasteiger partial charge in [-0.3, -0.25) is 0 Å². The zero-order chi connectivity index (χ0) is 10.8. The van der Waals surface area contributed by atoms with E-state index in [9.17, 15) is 0 Å². The molecule has 1 saturated heterocycles. The topological polar surface area (TPSA) is 41.0 Å². The Morgan fingerprint density at radius 2 is 2.33 bits per heavy atom. The van der Waals surface area contributed by atoms with Crippen molar-refractivity contribution in [2.45, 2.75) is 19.4 Å². The molecule has 0 radical (unpaired) electrons. The zero-order valence-corrected chi connectivity index (χ0v) is 9.75. The van der Waals surface area contributed by atoms with Crippen LogP contribution in [0.3, 0.4) is 0 Å². The molecular weight excluding hydrogens is 212 g/mol. The molecule has 1 aliphatic heterocycles. The van der Waals surface area contributed by atoms with Gasteiger partial charge < -0.3 is 10.2 Å². The van der Waals surface area contributed by atoms with Crippen molar-refractivity contribution in [2.75, 3.05) is 25.0 Å².